The van der Waals surface area contributed by atoms with Crippen molar-refractivity contribution in [2.45, 2.75) is 19.8 Å². The molecule has 0 saturated carbocycles. The van der Waals surface area contributed by atoms with Crippen molar-refractivity contribution in [3.8, 4) is 11.4 Å². The van der Waals surface area contributed by atoms with Gasteiger partial charge in [0.25, 0.3) is 5.78 Å². The monoisotopic (exact) mass is 367 g/mol. The fourth-order valence-corrected chi connectivity index (χ4v) is 2.77. The van der Waals surface area contributed by atoms with E-state index in [1.807, 2.05) is 31.2 Å². The molecule has 0 saturated heterocycles. The number of esters is 1. The van der Waals surface area contributed by atoms with Crippen LogP contribution < -0.4 is 4.74 Å². The van der Waals surface area contributed by atoms with Crippen LogP contribution in [0.3, 0.4) is 0 Å². The van der Waals surface area contributed by atoms with E-state index in [0.29, 0.717) is 34.9 Å². The molecule has 4 aromatic rings. The first kappa shape index (κ1) is 16.9. The summed E-state index contributed by atoms with van der Waals surface area (Å²) in [6, 6.07) is 7.37. The molecule has 0 aliphatic rings. The first-order chi connectivity index (χ1) is 13.1. The number of benzene rings is 1. The van der Waals surface area contributed by atoms with Crippen molar-refractivity contribution in [3.63, 3.8) is 0 Å². The molecule has 0 fully saturated rings. The average Bonchev–Trinajstić information content (AvgIpc) is 3.29. The van der Waals surface area contributed by atoms with Gasteiger partial charge in [0.2, 0.25) is 0 Å². The molecule has 0 spiro atoms. The van der Waals surface area contributed by atoms with Crippen LogP contribution in [0.25, 0.3) is 22.6 Å². The topological polar surface area (TPSA) is 109 Å². The molecule has 1 aromatic carbocycles. The van der Waals surface area contributed by atoms with Gasteiger partial charge in [-0.1, -0.05) is 6.92 Å². The van der Waals surface area contributed by atoms with Gasteiger partial charge in [-0.2, -0.15) is 14.6 Å². The number of carbonyl (C=O) groups excluding carboxylic acids is 1. The number of aryl methyl sites for hydroxylation is 1. The normalized spacial score (nSPS) is 11.2. The third-order valence-corrected chi connectivity index (χ3v) is 4.15. The highest BCUT2D eigenvalue weighted by atomic mass is 16.5. The van der Waals surface area contributed by atoms with Crippen LogP contribution in [0.5, 0.6) is 5.75 Å². The number of hydrogen-bond donors (Lipinski definition) is 0. The van der Waals surface area contributed by atoms with E-state index in [2.05, 4.69) is 25.4 Å². The number of nitrogens with zero attached hydrogens (tertiary/aromatic N) is 7. The van der Waals surface area contributed by atoms with E-state index >= 15 is 0 Å². The zero-order valence-electron chi connectivity index (χ0n) is 15.1. The molecule has 0 N–H and O–H groups in total. The zero-order chi connectivity index (χ0) is 19.0. The van der Waals surface area contributed by atoms with Crippen molar-refractivity contribution >= 4 is 22.9 Å². The van der Waals surface area contributed by atoms with E-state index in [0.717, 1.165) is 11.4 Å². The molecule has 10 heteroatoms. The average molecular weight is 367 g/mol. The molecule has 3 aromatic heterocycles. The van der Waals surface area contributed by atoms with Gasteiger partial charge < -0.3 is 9.47 Å². The van der Waals surface area contributed by atoms with Gasteiger partial charge in [-0.05, 0) is 24.3 Å². The maximum Gasteiger partial charge on any atom is 0.311 e. The fraction of sp³-hybridized carbons (Fsp3) is 0.294. The van der Waals surface area contributed by atoms with Gasteiger partial charge in [0.15, 0.2) is 17.0 Å². The second kappa shape index (κ2) is 6.63. The van der Waals surface area contributed by atoms with Crippen molar-refractivity contribution in [1.29, 1.82) is 0 Å². The van der Waals surface area contributed by atoms with Crippen LogP contribution in [-0.2, 0) is 22.4 Å². The van der Waals surface area contributed by atoms with E-state index in [4.69, 9.17) is 9.47 Å². The summed E-state index contributed by atoms with van der Waals surface area (Å²) in [5, 5.41) is 17.4. The fourth-order valence-electron chi connectivity index (χ4n) is 2.77. The molecule has 0 amide bonds. The largest absolute Gasteiger partial charge is 0.497 e. The van der Waals surface area contributed by atoms with Gasteiger partial charge >= 0.3 is 5.97 Å². The highest BCUT2D eigenvalue weighted by Crippen LogP contribution is 2.22. The summed E-state index contributed by atoms with van der Waals surface area (Å²) in [5.41, 5.74) is 2.27. The summed E-state index contributed by atoms with van der Waals surface area (Å²) < 4.78 is 13.2. The highest BCUT2D eigenvalue weighted by molar-refractivity contribution is 5.82. The second-order valence-corrected chi connectivity index (χ2v) is 5.78. The predicted octanol–water partition coefficient (Wildman–Crippen LogP) is 1.14. The van der Waals surface area contributed by atoms with Gasteiger partial charge in [-0.25, -0.2) is 4.68 Å². The number of carbonyl (C=O) groups is 1. The molecular formula is C17H17N7O3. The van der Waals surface area contributed by atoms with Gasteiger partial charge in [-0.15, -0.1) is 15.3 Å². The summed E-state index contributed by atoms with van der Waals surface area (Å²) in [6.45, 7) is 1.96. The van der Waals surface area contributed by atoms with E-state index < -0.39 is 5.97 Å². The van der Waals surface area contributed by atoms with Crippen LogP contribution in [-0.4, -0.2) is 54.8 Å². The lowest BCUT2D eigenvalue weighted by atomic mass is 10.3. The van der Waals surface area contributed by atoms with Gasteiger partial charge in [0, 0.05) is 6.42 Å². The quantitative estimate of drug-likeness (QED) is 0.483. The van der Waals surface area contributed by atoms with E-state index in [9.17, 15) is 4.79 Å². The molecular weight excluding hydrogens is 350 g/mol. The smallest absolute Gasteiger partial charge is 0.311 e. The minimum Gasteiger partial charge on any atom is -0.497 e. The lowest BCUT2D eigenvalue weighted by Gasteiger charge is -2.05. The van der Waals surface area contributed by atoms with Crippen molar-refractivity contribution in [2.24, 2.45) is 0 Å². The number of hydrogen-bond acceptors (Lipinski definition) is 8. The van der Waals surface area contributed by atoms with E-state index in [1.54, 1.807) is 16.3 Å². The van der Waals surface area contributed by atoms with E-state index in [-0.39, 0.29) is 6.42 Å². The first-order valence-corrected chi connectivity index (χ1v) is 8.35. The third kappa shape index (κ3) is 2.84. The van der Waals surface area contributed by atoms with Crippen LogP contribution in [0.2, 0.25) is 0 Å². The summed E-state index contributed by atoms with van der Waals surface area (Å²) in [5.74, 6) is 1.34. The minimum atomic E-state index is -0.411. The Labute approximate surface area is 153 Å². The van der Waals surface area contributed by atoms with Crippen LogP contribution in [0.1, 0.15) is 18.4 Å². The van der Waals surface area contributed by atoms with Crippen molar-refractivity contribution in [2.75, 3.05) is 14.2 Å². The Hall–Kier alpha value is -3.56. The van der Waals surface area contributed by atoms with Gasteiger partial charge in [0.1, 0.15) is 11.4 Å². The Morgan fingerprint density at radius 1 is 1.11 bits per heavy atom. The molecule has 0 atom stereocenters. The Kier molecular flexibility index (Phi) is 4.15. The second-order valence-electron chi connectivity index (χ2n) is 5.78. The summed E-state index contributed by atoms with van der Waals surface area (Å²) in [4.78, 5) is 16.2. The molecule has 10 nitrogen and oxygen atoms in total. The Bertz CT molecular complexity index is 1130. The molecule has 0 aliphatic carbocycles. The van der Waals surface area contributed by atoms with Crippen LogP contribution >= 0.6 is 0 Å². The first-order valence-electron chi connectivity index (χ1n) is 8.35. The van der Waals surface area contributed by atoms with Crippen LogP contribution in [0.4, 0.5) is 0 Å². The maximum atomic E-state index is 11.8. The van der Waals surface area contributed by atoms with Crippen molar-refractivity contribution < 1.29 is 14.3 Å². The Morgan fingerprint density at radius 2 is 1.89 bits per heavy atom. The van der Waals surface area contributed by atoms with Gasteiger partial charge in [0.05, 0.1) is 26.3 Å². The zero-order valence-corrected chi connectivity index (χ0v) is 15.1. The van der Waals surface area contributed by atoms with Crippen molar-refractivity contribution in [1.82, 2.24) is 34.6 Å². The number of aromatic nitrogens is 7. The molecule has 0 aliphatic heterocycles. The maximum absolute atomic E-state index is 11.8. The molecule has 0 unspecified atom stereocenters. The van der Waals surface area contributed by atoms with Crippen LogP contribution in [0, 0.1) is 0 Å². The van der Waals surface area contributed by atoms with Crippen LogP contribution in [0.15, 0.2) is 24.3 Å². The van der Waals surface area contributed by atoms with Gasteiger partial charge in [-0.3, -0.25) is 4.79 Å². The number of ether oxygens (including phenoxy) is 2. The highest BCUT2D eigenvalue weighted by Gasteiger charge is 2.21. The molecule has 3 heterocycles. The Balaban J connectivity index is 1.99. The van der Waals surface area contributed by atoms with E-state index in [1.165, 1.54) is 7.11 Å². The lowest BCUT2D eigenvalue weighted by molar-refractivity contribution is -0.139. The number of fused-ring (bicyclic) bond motifs is 3. The molecule has 4 rings (SSSR count). The summed E-state index contributed by atoms with van der Waals surface area (Å²) in [6.07, 6.45) is 0.641. The third-order valence-electron chi connectivity index (χ3n) is 4.15. The summed E-state index contributed by atoms with van der Waals surface area (Å²) >= 11 is 0. The number of methoxy groups -OCH3 is 2. The lowest BCUT2D eigenvalue weighted by Crippen LogP contribution is -2.06. The molecule has 0 bridgehead atoms. The molecule has 138 valence electrons. The summed E-state index contributed by atoms with van der Waals surface area (Å²) in [7, 11) is 2.94. The predicted molar refractivity (Wildman–Crippen MR) is 94.9 cm³/mol. The standard InChI is InChI=1S/C17H17N7O3/c1-4-13-18-17-20-19-15-12(9-14(25)27-3)21-23(16(15)24(17)22-13)10-5-7-11(26-2)8-6-10/h5-8H,4,9H2,1-3H3. The molecule has 27 heavy (non-hydrogen) atoms. The number of rotatable bonds is 5. The minimum absolute atomic E-state index is 0.0221. The van der Waals surface area contributed by atoms with Crippen molar-refractivity contribution in [3.05, 3.63) is 35.8 Å². The SMILES string of the molecule is CCc1nc2nnc3c(CC(=O)OC)nn(-c4ccc(OC)cc4)c3n2n1. The molecule has 0 radical (unpaired) electrons. The Morgan fingerprint density at radius 3 is 2.56 bits per heavy atom.